The first kappa shape index (κ1) is 19.7. The van der Waals surface area contributed by atoms with Crippen LogP contribution in [-0.2, 0) is 12.8 Å². The molecular formula is C26H25ClN4O. The number of carbonyl (C=O) groups excluding carboxylic acids is 1. The van der Waals surface area contributed by atoms with E-state index in [0.717, 1.165) is 89.8 Å². The molecule has 32 heavy (non-hydrogen) atoms. The number of nitrogens with zero attached hydrogens (tertiary/aromatic N) is 3. The molecule has 1 fully saturated rings. The maximum absolute atomic E-state index is 13.7. The number of rotatable bonds is 2. The highest BCUT2D eigenvalue weighted by Gasteiger charge is 2.30. The van der Waals surface area contributed by atoms with Crippen molar-refractivity contribution in [2.45, 2.75) is 44.9 Å². The molecule has 1 N–H and O–H groups in total. The third-order valence-electron chi connectivity index (χ3n) is 7.01. The summed E-state index contributed by atoms with van der Waals surface area (Å²) >= 11 is 6.30. The molecular weight excluding hydrogens is 420 g/mol. The van der Waals surface area contributed by atoms with Crippen molar-refractivity contribution in [1.82, 2.24) is 19.9 Å². The van der Waals surface area contributed by atoms with Crippen LogP contribution >= 0.6 is 11.6 Å². The number of H-pyrrole nitrogens is 1. The van der Waals surface area contributed by atoms with Crippen molar-refractivity contribution in [2.24, 2.45) is 0 Å². The molecule has 0 unspecified atom stereocenters. The van der Waals surface area contributed by atoms with Crippen molar-refractivity contribution >= 4 is 39.4 Å². The summed E-state index contributed by atoms with van der Waals surface area (Å²) < 4.78 is 0. The van der Waals surface area contributed by atoms with Gasteiger partial charge in [-0.25, -0.2) is 4.98 Å². The summed E-state index contributed by atoms with van der Waals surface area (Å²) in [6, 6.07) is 12.0. The quantitative estimate of drug-likeness (QED) is 0.439. The van der Waals surface area contributed by atoms with Gasteiger partial charge in [0.25, 0.3) is 5.91 Å². The van der Waals surface area contributed by atoms with Crippen molar-refractivity contribution in [3.05, 3.63) is 69.6 Å². The smallest absolute Gasteiger partial charge is 0.254 e. The molecule has 0 bridgehead atoms. The molecule has 0 spiro atoms. The second kappa shape index (κ2) is 7.59. The molecule has 0 atom stereocenters. The van der Waals surface area contributed by atoms with E-state index in [4.69, 9.17) is 21.6 Å². The Kier molecular flexibility index (Phi) is 4.68. The summed E-state index contributed by atoms with van der Waals surface area (Å²) in [7, 11) is 0. The lowest BCUT2D eigenvalue weighted by molar-refractivity contribution is 0.0712. The molecule has 6 heteroatoms. The first-order chi connectivity index (χ1) is 15.6. The first-order valence-corrected chi connectivity index (χ1v) is 11.8. The molecule has 6 rings (SSSR count). The Morgan fingerprint density at radius 3 is 2.72 bits per heavy atom. The number of piperidine rings is 1. The molecule has 2 aromatic carbocycles. The minimum absolute atomic E-state index is 0.122. The minimum atomic E-state index is 0.122. The normalized spacial score (nSPS) is 16.8. The van der Waals surface area contributed by atoms with Crippen LogP contribution in [0.25, 0.3) is 21.9 Å². The topological polar surface area (TPSA) is 61.9 Å². The van der Waals surface area contributed by atoms with E-state index in [-0.39, 0.29) is 5.91 Å². The molecule has 1 saturated heterocycles. The zero-order chi connectivity index (χ0) is 21.8. The summed E-state index contributed by atoms with van der Waals surface area (Å²) in [5.41, 5.74) is 7.23. The lowest BCUT2D eigenvalue weighted by atomic mass is 9.94. The van der Waals surface area contributed by atoms with Crippen LogP contribution in [0.15, 0.2) is 36.4 Å². The first-order valence-electron chi connectivity index (χ1n) is 11.4. The van der Waals surface area contributed by atoms with E-state index in [1.165, 1.54) is 5.56 Å². The number of imidazole rings is 1. The highest BCUT2D eigenvalue weighted by molar-refractivity contribution is 6.31. The minimum Gasteiger partial charge on any atom is -0.342 e. The third kappa shape index (κ3) is 3.27. The van der Waals surface area contributed by atoms with Crippen LogP contribution < -0.4 is 0 Å². The largest absolute Gasteiger partial charge is 0.342 e. The molecule has 2 aromatic heterocycles. The van der Waals surface area contributed by atoms with Crippen molar-refractivity contribution < 1.29 is 4.79 Å². The van der Waals surface area contributed by atoms with Crippen molar-refractivity contribution in [3.63, 3.8) is 0 Å². The van der Waals surface area contributed by atoms with Crippen LogP contribution in [0.2, 0.25) is 5.02 Å². The van der Waals surface area contributed by atoms with E-state index >= 15 is 0 Å². The van der Waals surface area contributed by atoms with Crippen LogP contribution in [0.3, 0.4) is 0 Å². The molecule has 0 radical (unpaired) electrons. The van der Waals surface area contributed by atoms with Crippen molar-refractivity contribution in [2.75, 3.05) is 13.1 Å². The molecule has 5 nitrogen and oxygen atoms in total. The van der Waals surface area contributed by atoms with Crippen LogP contribution in [0.5, 0.6) is 0 Å². The van der Waals surface area contributed by atoms with Gasteiger partial charge < -0.3 is 9.88 Å². The Hall–Kier alpha value is -2.92. The lowest BCUT2D eigenvalue weighted by Gasteiger charge is -2.32. The van der Waals surface area contributed by atoms with Gasteiger partial charge in [-0.1, -0.05) is 17.7 Å². The number of amides is 1. The van der Waals surface area contributed by atoms with E-state index < -0.39 is 0 Å². The number of hydrogen-bond acceptors (Lipinski definition) is 3. The highest BCUT2D eigenvalue weighted by atomic mass is 35.5. The Labute approximate surface area is 191 Å². The van der Waals surface area contributed by atoms with Gasteiger partial charge in [0, 0.05) is 35.1 Å². The summed E-state index contributed by atoms with van der Waals surface area (Å²) in [6.45, 7) is 3.56. The van der Waals surface area contributed by atoms with Gasteiger partial charge in [0.2, 0.25) is 0 Å². The van der Waals surface area contributed by atoms with Gasteiger partial charge in [0.05, 0.1) is 22.1 Å². The Bertz CT molecular complexity index is 1370. The van der Waals surface area contributed by atoms with Crippen molar-refractivity contribution in [3.8, 4) is 0 Å². The standard InChI is InChI=1S/C26H25ClN4O/c1-15-5-7-22-23(13-15)30-25(29-22)16-9-11-31(12-10-16)26(32)24-18-3-2-4-20(18)28-21-8-6-17(27)14-19(21)24/h5-8,13-14,16H,2-4,9-12H2,1H3,(H,29,30). The molecule has 3 heterocycles. The number of aryl methyl sites for hydroxylation is 2. The highest BCUT2D eigenvalue weighted by Crippen LogP contribution is 2.34. The number of aromatic amines is 1. The maximum Gasteiger partial charge on any atom is 0.254 e. The number of aromatic nitrogens is 3. The molecule has 2 aliphatic rings. The molecule has 4 aromatic rings. The zero-order valence-electron chi connectivity index (χ0n) is 18.1. The summed E-state index contributed by atoms with van der Waals surface area (Å²) in [6.07, 6.45) is 4.75. The number of benzene rings is 2. The predicted octanol–water partition coefficient (Wildman–Crippen LogP) is 5.58. The van der Waals surface area contributed by atoms with Gasteiger partial charge in [-0.2, -0.15) is 0 Å². The number of pyridine rings is 1. The summed E-state index contributed by atoms with van der Waals surface area (Å²) in [4.78, 5) is 28.9. The monoisotopic (exact) mass is 444 g/mol. The molecule has 1 amide bonds. The average Bonchev–Trinajstić information content (AvgIpc) is 3.43. The Morgan fingerprint density at radius 2 is 1.88 bits per heavy atom. The van der Waals surface area contributed by atoms with Gasteiger partial charge >= 0.3 is 0 Å². The number of likely N-dealkylation sites (tertiary alicyclic amines) is 1. The second-order valence-corrected chi connectivity index (χ2v) is 9.57. The van der Waals surface area contributed by atoms with Crippen LogP contribution in [0.4, 0.5) is 0 Å². The van der Waals surface area contributed by atoms with Gasteiger partial charge in [-0.05, 0) is 80.5 Å². The second-order valence-electron chi connectivity index (χ2n) is 9.14. The number of halogens is 1. The maximum atomic E-state index is 13.7. The zero-order valence-corrected chi connectivity index (χ0v) is 18.9. The fourth-order valence-electron chi connectivity index (χ4n) is 5.33. The number of fused-ring (bicyclic) bond motifs is 3. The van der Waals surface area contributed by atoms with Crippen molar-refractivity contribution in [1.29, 1.82) is 0 Å². The molecule has 1 aliphatic heterocycles. The van der Waals surface area contributed by atoms with Gasteiger partial charge in [-0.3, -0.25) is 9.78 Å². The van der Waals surface area contributed by atoms with E-state index in [1.807, 2.05) is 23.1 Å². The van der Waals surface area contributed by atoms with Crippen LogP contribution in [-0.4, -0.2) is 38.8 Å². The fourth-order valence-corrected chi connectivity index (χ4v) is 5.50. The number of hydrogen-bond donors (Lipinski definition) is 1. The van der Waals surface area contributed by atoms with Crippen LogP contribution in [0, 0.1) is 6.92 Å². The van der Waals surface area contributed by atoms with E-state index in [1.54, 1.807) is 0 Å². The predicted molar refractivity (Wildman–Crippen MR) is 127 cm³/mol. The molecule has 1 aliphatic carbocycles. The van der Waals surface area contributed by atoms with E-state index in [2.05, 4.69) is 30.1 Å². The summed E-state index contributed by atoms with van der Waals surface area (Å²) in [5, 5.41) is 1.53. The van der Waals surface area contributed by atoms with E-state index in [0.29, 0.717) is 10.9 Å². The Morgan fingerprint density at radius 1 is 1.06 bits per heavy atom. The number of carbonyl (C=O) groups is 1. The molecule has 0 saturated carbocycles. The molecule has 162 valence electrons. The average molecular weight is 445 g/mol. The SMILES string of the molecule is Cc1ccc2nc(C3CCN(C(=O)c4c5c(nc6ccc(Cl)cc46)CCC5)CC3)[nH]c2c1. The van der Waals surface area contributed by atoms with Crippen LogP contribution in [0.1, 0.15) is 58.2 Å². The van der Waals surface area contributed by atoms with E-state index in [9.17, 15) is 4.79 Å². The Balaban J connectivity index is 1.28. The van der Waals surface area contributed by atoms with Gasteiger partial charge in [0.15, 0.2) is 0 Å². The van der Waals surface area contributed by atoms with Gasteiger partial charge in [0.1, 0.15) is 5.82 Å². The summed E-state index contributed by atoms with van der Waals surface area (Å²) in [5.74, 6) is 1.51. The fraction of sp³-hybridized carbons (Fsp3) is 0.346. The lowest BCUT2D eigenvalue weighted by Crippen LogP contribution is -2.38. The van der Waals surface area contributed by atoms with Gasteiger partial charge in [-0.15, -0.1) is 0 Å². The third-order valence-corrected chi connectivity index (χ3v) is 7.25. The number of nitrogens with one attached hydrogen (secondary N) is 1.